The molecule has 1 heterocycles. The number of halogens is 3. The van der Waals surface area contributed by atoms with Gasteiger partial charge in [-0.2, -0.15) is 0 Å². The molecule has 2 rings (SSSR count). The van der Waals surface area contributed by atoms with Crippen molar-refractivity contribution < 1.29 is 22.7 Å². The number of rotatable bonds is 6. The molecule has 1 N–H and O–H groups in total. The summed E-state index contributed by atoms with van der Waals surface area (Å²) >= 11 is 0. The molecule has 122 valence electrons. The minimum Gasteiger partial charge on any atom is -0.375 e. The number of ether oxygens (including phenoxy) is 1. The zero-order valence-electron chi connectivity index (χ0n) is 12.4. The van der Waals surface area contributed by atoms with Gasteiger partial charge in [-0.05, 0) is 36.6 Å². The van der Waals surface area contributed by atoms with Crippen molar-refractivity contribution in [1.29, 1.82) is 0 Å². The summed E-state index contributed by atoms with van der Waals surface area (Å²) in [6, 6.07) is 2.04. The van der Waals surface area contributed by atoms with Crippen LogP contribution in [0.25, 0.3) is 0 Å². The van der Waals surface area contributed by atoms with Gasteiger partial charge in [0.15, 0.2) is 17.5 Å². The molecule has 0 unspecified atom stereocenters. The molecule has 1 aromatic rings. The molecule has 1 aliphatic heterocycles. The maximum atomic E-state index is 13.2. The highest BCUT2D eigenvalue weighted by atomic mass is 19.2. The molecule has 22 heavy (non-hydrogen) atoms. The molecule has 1 amide bonds. The van der Waals surface area contributed by atoms with Gasteiger partial charge in [-0.15, -0.1) is 0 Å². The van der Waals surface area contributed by atoms with Gasteiger partial charge < -0.3 is 10.1 Å². The lowest BCUT2D eigenvalue weighted by Crippen LogP contribution is -2.33. The minimum atomic E-state index is -1.44. The lowest BCUT2D eigenvalue weighted by Gasteiger charge is -2.16. The number of hydrogen-bond donors (Lipinski definition) is 1. The molecule has 1 aliphatic rings. The molecule has 1 saturated heterocycles. The predicted octanol–water partition coefficient (Wildman–Crippen LogP) is 1.69. The van der Waals surface area contributed by atoms with E-state index in [9.17, 15) is 18.0 Å². The van der Waals surface area contributed by atoms with Gasteiger partial charge in [-0.1, -0.05) is 0 Å². The fourth-order valence-corrected chi connectivity index (χ4v) is 2.62. The number of nitrogens with zero attached hydrogens (tertiary/aromatic N) is 1. The van der Waals surface area contributed by atoms with Crippen LogP contribution in [0.3, 0.4) is 0 Å². The highest BCUT2D eigenvalue weighted by Gasteiger charge is 2.23. The number of nitrogens with one attached hydrogen (secondary N) is 1. The summed E-state index contributed by atoms with van der Waals surface area (Å²) in [4.78, 5) is 13.3. The molecular weight excluding hydrogens is 297 g/mol. The molecule has 0 aliphatic carbocycles. The Morgan fingerprint density at radius 3 is 2.68 bits per heavy atom. The van der Waals surface area contributed by atoms with Crippen LogP contribution < -0.4 is 5.32 Å². The van der Waals surface area contributed by atoms with E-state index in [1.165, 1.54) is 7.11 Å². The summed E-state index contributed by atoms with van der Waals surface area (Å²) in [5.74, 6) is -3.65. The van der Waals surface area contributed by atoms with Crippen LogP contribution >= 0.6 is 0 Å². The van der Waals surface area contributed by atoms with E-state index in [0.717, 1.165) is 25.1 Å². The van der Waals surface area contributed by atoms with E-state index in [1.807, 2.05) is 4.90 Å². The van der Waals surface area contributed by atoms with E-state index in [1.54, 1.807) is 0 Å². The first-order valence-corrected chi connectivity index (χ1v) is 7.11. The molecule has 4 nitrogen and oxygen atoms in total. The van der Waals surface area contributed by atoms with Crippen molar-refractivity contribution in [3.63, 3.8) is 0 Å². The van der Waals surface area contributed by atoms with Gasteiger partial charge in [0.2, 0.25) is 5.91 Å². The minimum absolute atomic E-state index is 0.0323. The topological polar surface area (TPSA) is 41.6 Å². The zero-order valence-corrected chi connectivity index (χ0v) is 12.4. The van der Waals surface area contributed by atoms with Gasteiger partial charge in [0.1, 0.15) is 6.61 Å². The van der Waals surface area contributed by atoms with E-state index >= 15 is 0 Å². The number of methoxy groups -OCH3 is 1. The second-order valence-corrected chi connectivity index (χ2v) is 5.50. The second kappa shape index (κ2) is 7.60. The number of amides is 1. The van der Waals surface area contributed by atoms with E-state index in [-0.39, 0.29) is 18.4 Å². The third-order valence-electron chi connectivity index (χ3n) is 3.68. The highest BCUT2D eigenvalue weighted by molar-refractivity contribution is 5.77. The second-order valence-electron chi connectivity index (χ2n) is 5.50. The first kappa shape index (κ1) is 16.8. The Morgan fingerprint density at radius 2 is 2.05 bits per heavy atom. The molecule has 0 bridgehead atoms. The Bertz CT molecular complexity index is 517. The Labute approximate surface area is 127 Å². The summed E-state index contributed by atoms with van der Waals surface area (Å²) in [5.41, 5.74) is 0.403. The Kier molecular flexibility index (Phi) is 5.79. The number of hydrogen-bond acceptors (Lipinski definition) is 3. The van der Waals surface area contributed by atoms with E-state index in [0.29, 0.717) is 25.2 Å². The van der Waals surface area contributed by atoms with Gasteiger partial charge in [0.25, 0.3) is 0 Å². The maximum Gasteiger partial charge on any atom is 0.245 e. The summed E-state index contributed by atoms with van der Waals surface area (Å²) in [6.45, 7) is 2.42. The van der Waals surface area contributed by atoms with Crippen molar-refractivity contribution in [2.45, 2.75) is 13.0 Å². The van der Waals surface area contributed by atoms with Crippen LogP contribution in [-0.4, -0.2) is 44.2 Å². The summed E-state index contributed by atoms with van der Waals surface area (Å²) in [5, 5.41) is 2.78. The van der Waals surface area contributed by atoms with Crippen molar-refractivity contribution in [2.24, 2.45) is 5.92 Å². The molecule has 1 fully saturated rings. The van der Waals surface area contributed by atoms with Crippen molar-refractivity contribution >= 4 is 5.91 Å². The monoisotopic (exact) mass is 316 g/mol. The lowest BCUT2D eigenvalue weighted by molar-refractivity contribution is -0.124. The number of carbonyl (C=O) groups is 1. The van der Waals surface area contributed by atoms with Gasteiger partial charge in [-0.3, -0.25) is 9.69 Å². The maximum absolute atomic E-state index is 13.2. The Hall–Kier alpha value is -1.60. The van der Waals surface area contributed by atoms with Gasteiger partial charge in [0.05, 0.1) is 0 Å². The van der Waals surface area contributed by atoms with Gasteiger partial charge in [-0.25, -0.2) is 13.2 Å². The van der Waals surface area contributed by atoms with Crippen molar-refractivity contribution in [3.05, 3.63) is 35.1 Å². The lowest BCUT2D eigenvalue weighted by atomic mass is 10.1. The smallest absolute Gasteiger partial charge is 0.245 e. The first-order valence-electron chi connectivity index (χ1n) is 7.11. The highest BCUT2D eigenvalue weighted by Crippen LogP contribution is 2.20. The number of likely N-dealkylation sites (tertiary alicyclic amines) is 1. The summed E-state index contributed by atoms with van der Waals surface area (Å²) in [6.07, 6.45) is 0.888. The largest absolute Gasteiger partial charge is 0.375 e. The van der Waals surface area contributed by atoms with Crippen molar-refractivity contribution in [2.75, 3.05) is 33.4 Å². The van der Waals surface area contributed by atoms with E-state index < -0.39 is 17.5 Å². The fraction of sp³-hybridized carbons (Fsp3) is 0.533. The van der Waals surface area contributed by atoms with Crippen LogP contribution in [0.2, 0.25) is 0 Å². The van der Waals surface area contributed by atoms with Crippen molar-refractivity contribution in [1.82, 2.24) is 10.2 Å². The molecule has 0 radical (unpaired) electrons. The molecule has 0 aromatic heterocycles. The van der Waals surface area contributed by atoms with E-state index in [4.69, 9.17) is 4.74 Å². The molecule has 7 heteroatoms. The van der Waals surface area contributed by atoms with Gasteiger partial charge in [0, 0.05) is 26.7 Å². The first-order chi connectivity index (χ1) is 10.5. The van der Waals surface area contributed by atoms with Crippen LogP contribution in [0.1, 0.15) is 12.0 Å². The number of carbonyl (C=O) groups excluding carboxylic acids is 1. The van der Waals surface area contributed by atoms with E-state index in [2.05, 4.69) is 5.32 Å². The van der Waals surface area contributed by atoms with Gasteiger partial charge >= 0.3 is 0 Å². The Balaban J connectivity index is 1.82. The average Bonchev–Trinajstić information content (AvgIpc) is 2.90. The van der Waals surface area contributed by atoms with Crippen LogP contribution in [0, 0.1) is 23.4 Å². The third kappa shape index (κ3) is 4.45. The molecule has 0 saturated carbocycles. The molecule has 0 spiro atoms. The normalized spacial score (nSPS) is 18.6. The summed E-state index contributed by atoms with van der Waals surface area (Å²) < 4.78 is 44.0. The molecule has 1 atom stereocenters. The van der Waals surface area contributed by atoms with Crippen LogP contribution in [0.5, 0.6) is 0 Å². The third-order valence-corrected chi connectivity index (χ3v) is 3.68. The summed E-state index contributed by atoms with van der Waals surface area (Å²) in [7, 11) is 1.46. The van der Waals surface area contributed by atoms with Crippen LogP contribution in [0.4, 0.5) is 13.2 Å². The van der Waals surface area contributed by atoms with Crippen LogP contribution in [-0.2, 0) is 16.1 Å². The standard InChI is InChI=1S/C15H19F3N2O2/c1-22-9-14(21)19-6-10-2-3-20(7-10)8-11-4-12(16)15(18)13(17)5-11/h4-5,10H,2-3,6-9H2,1H3,(H,19,21)/t10-/m0/s1. The SMILES string of the molecule is COCC(=O)NC[C@@H]1CCN(Cc2cc(F)c(F)c(F)c2)C1. The van der Waals surface area contributed by atoms with Crippen LogP contribution in [0.15, 0.2) is 12.1 Å². The zero-order chi connectivity index (χ0) is 16.1. The fourth-order valence-electron chi connectivity index (χ4n) is 2.62. The molecule has 1 aromatic carbocycles. The Morgan fingerprint density at radius 1 is 1.36 bits per heavy atom. The predicted molar refractivity (Wildman–Crippen MR) is 74.6 cm³/mol. The molecular formula is C15H19F3N2O2. The number of benzene rings is 1. The quantitative estimate of drug-likeness (QED) is 0.812. The van der Waals surface area contributed by atoms with Crippen molar-refractivity contribution in [3.8, 4) is 0 Å². The average molecular weight is 316 g/mol.